The quantitative estimate of drug-likeness (QED) is 0.209. The SMILES string of the molecule is C[C@@H](C/C=C/[C@H](O)[C@@H]1CC[C@H]1CN1C[C@@]2(CCCc3cc(Cl)ccc32)COc2ccc(C(=O)O)cc21)[C@@H](c1ccccc1)S(N)(=O)=O. The van der Waals surface area contributed by atoms with Crippen molar-refractivity contribution in [3.05, 3.63) is 106 Å². The fraction of sp³-hybridized carbons (Fsp3) is 0.432. The maximum absolute atomic E-state index is 12.5. The second-order valence-electron chi connectivity index (χ2n) is 13.6. The van der Waals surface area contributed by atoms with Gasteiger partial charge in [0.05, 0.1) is 24.0 Å². The fourth-order valence-corrected chi connectivity index (χ4v) is 9.47. The monoisotopic (exact) mass is 678 g/mol. The highest BCUT2D eigenvalue weighted by Crippen LogP contribution is 2.46. The molecule has 1 heterocycles. The summed E-state index contributed by atoms with van der Waals surface area (Å²) in [6, 6.07) is 20.2. The standard InChI is InChI=1S/C37H43ClN2O6S/c1-24(35(47(39,44)45)25-8-3-2-4-9-25)7-5-11-33(41)30-15-12-28(30)21-40-22-37(18-6-10-26-19-29(38)14-16-31(26)37)23-46-34-17-13-27(36(42)43)20-32(34)40/h2-5,8-9,11,13-14,16-17,19-20,24,28,30,33,35,41H,6-7,10,12,15,18,21-23H2,1H3,(H,42,43)(H2,39,44,45)/b11-5+/t24-,28-,30+,33-,35-,37-/m0/s1. The molecule has 6 rings (SSSR count). The van der Waals surface area contributed by atoms with Crippen LogP contribution in [0.4, 0.5) is 5.69 Å². The molecule has 10 heteroatoms. The van der Waals surface area contributed by atoms with Crippen molar-refractivity contribution < 1.29 is 28.2 Å². The van der Waals surface area contributed by atoms with Gasteiger partial charge in [0.2, 0.25) is 10.0 Å². The normalized spacial score (nSPS) is 24.4. The predicted octanol–water partition coefficient (Wildman–Crippen LogP) is 6.51. The Bertz CT molecular complexity index is 1750. The molecule has 4 N–H and O–H groups in total. The number of hydrogen-bond donors (Lipinski definition) is 3. The molecule has 1 aliphatic heterocycles. The van der Waals surface area contributed by atoms with Gasteiger partial charge in [0.1, 0.15) is 11.0 Å². The van der Waals surface area contributed by atoms with Gasteiger partial charge in [-0.25, -0.2) is 18.4 Å². The van der Waals surface area contributed by atoms with Crippen LogP contribution in [0.5, 0.6) is 5.75 Å². The molecule has 0 saturated heterocycles. The van der Waals surface area contributed by atoms with Crippen molar-refractivity contribution in [3.63, 3.8) is 0 Å². The highest BCUT2D eigenvalue weighted by atomic mass is 35.5. The van der Waals surface area contributed by atoms with Crippen LogP contribution in [-0.2, 0) is 21.9 Å². The average Bonchev–Trinajstić information content (AvgIpc) is 3.16. The lowest BCUT2D eigenvalue weighted by Gasteiger charge is -2.45. The summed E-state index contributed by atoms with van der Waals surface area (Å²) in [5.74, 6) is -0.403. The molecule has 1 spiro atoms. The Morgan fingerprint density at radius 2 is 1.94 bits per heavy atom. The maximum Gasteiger partial charge on any atom is 0.335 e. The zero-order valence-electron chi connectivity index (χ0n) is 26.6. The number of ether oxygens (including phenoxy) is 1. The van der Waals surface area contributed by atoms with E-state index in [4.69, 9.17) is 21.5 Å². The third-order valence-corrected chi connectivity index (χ3v) is 12.2. The lowest BCUT2D eigenvalue weighted by atomic mass is 9.68. The Morgan fingerprint density at radius 3 is 2.64 bits per heavy atom. The highest BCUT2D eigenvalue weighted by Gasteiger charge is 2.44. The summed E-state index contributed by atoms with van der Waals surface area (Å²) in [6.07, 6.45) is 8.15. The number of hydrogen-bond acceptors (Lipinski definition) is 6. The Kier molecular flexibility index (Phi) is 9.72. The van der Waals surface area contributed by atoms with Crippen LogP contribution in [-0.4, -0.2) is 50.4 Å². The van der Waals surface area contributed by atoms with Crippen LogP contribution in [0, 0.1) is 17.8 Å². The van der Waals surface area contributed by atoms with Gasteiger partial charge in [0, 0.05) is 23.5 Å². The summed E-state index contributed by atoms with van der Waals surface area (Å²) in [7, 11) is -3.83. The molecular formula is C37H43ClN2O6S. The van der Waals surface area contributed by atoms with Gasteiger partial charge in [-0.3, -0.25) is 0 Å². The number of benzene rings is 3. The summed E-state index contributed by atoms with van der Waals surface area (Å²) >= 11 is 6.38. The van der Waals surface area contributed by atoms with Gasteiger partial charge >= 0.3 is 5.97 Å². The van der Waals surface area contributed by atoms with E-state index >= 15 is 0 Å². The van der Waals surface area contributed by atoms with Crippen molar-refractivity contribution in [2.45, 2.75) is 62.2 Å². The topological polar surface area (TPSA) is 130 Å². The molecule has 0 bridgehead atoms. The fourth-order valence-electron chi connectivity index (χ4n) is 7.98. The molecule has 1 saturated carbocycles. The number of carboxylic acid groups (broad SMARTS) is 1. The second-order valence-corrected chi connectivity index (χ2v) is 15.8. The van der Waals surface area contributed by atoms with Crippen LogP contribution in [0.25, 0.3) is 0 Å². The number of halogens is 1. The molecular weight excluding hydrogens is 636 g/mol. The van der Waals surface area contributed by atoms with Crippen molar-refractivity contribution in [2.24, 2.45) is 22.9 Å². The number of aromatic carboxylic acids is 1. The summed E-state index contributed by atoms with van der Waals surface area (Å²) < 4.78 is 31.4. The van der Waals surface area contributed by atoms with E-state index in [0.29, 0.717) is 37.4 Å². The van der Waals surface area contributed by atoms with Crippen molar-refractivity contribution in [1.82, 2.24) is 0 Å². The molecule has 0 aromatic heterocycles. The summed E-state index contributed by atoms with van der Waals surface area (Å²) in [5, 5.41) is 26.6. The van der Waals surface area contributed by atoms with Gasteiger partial charge < -0.3 is 19.8 Å². The lowest BCUT2D eigenvalue weighted by Crippen LogP contribution is -2.49. The number of sulfonamides is 1. The van der Waals surface area contributed by atoms with E-state index in [0.717, 1.165) is 42.8 Å². The van der Waals surface area contributed by atoms with Crippen LogP contribution >= 0.6 is 11.6 Å². The minimum Gasteiger partial charge on any atom is -0.490 e. The molecule has 3 aromatic rings. The molecule has 2 aliphatic carbocycles. The molecule has 250 valence electrons. The smallest absolute Gasteiger partial charge is 0.335 e. The molecule has 3 aliphatic rings. The van der Waals surface area contributed by atoms with Crippen molar-refractivity contribution in [1.29, 1.82) is 0 Å². The van der Waals surface area contributed by atoms with E-state index < -0.39 is 27.3 Å². The molecule has 0 unspecified atom stereocenters. The van der Waals surface area contributed by atoms with E-state index in [1.807, 2.05) is 25.1 Å². The zero-order valence-corrected chi connectivity index (χ0v) is 28.2. The molecule has 6 atom stereocenters. The van der Waals surface area contributed by atoms with E-state index in [9.17, 15) is 23.4 Å². The lowest BCUT2D eigenvalue weighted by molar-refractivity contribution is 0.0456. The first-order chi connectivity index (χ1) is 22.4. The molecule has 8 nitrogen and oxygen atoms in total. The zero-order chi connectivity index (χ0) is 33.3. The van der Waals surface area contributed by atoms with Crippen LogP contribution in [0.15, 0.2) is 78.9 Å². The number of rotatable bonds is 10. The first kappa shape index (κ1) is 33.5. The summed E-state index contributed by atoms with van der Waals surface area (Å²) in [6.45, 7) is 3.66. The molecule has 1 fully saturated rings. The Labute approximate surface area is 282 Å². The second kappa shape index (κ2) is 13.6. The maximum atomic E-state index is 12.5. The van der Waals surface area contributed by atoms with E-state index in [-0.39, 0.29) is 28.7 Å². The van der Waals surface area contributed by atoms with Crippen molar-refractivity contribution in [3.8, 4) is 5.75 Å². The highest BCUT2D eigenvalue weighted by molar-refractivity contribution is 7.89. The number of carboxylic acids is 1. The Morgan fingerprint density at radius 1 is 1.15 bits per heavy atom. The van der Waals surface area contributed by atoms with Crippen LogP contribution in [0.2, 0.25) is 5.02 Å². The number of allylic oxidation sites excluding steroid dienone is 1. The number of fused-ring (bicyclic) bond motifs is 3. The van der Waals surface area contributed by atoms with Gasteiger partial charge in [-0.15, -0.1) is 0 Å². The van der Waals surface area contributed by atoms with E-state index in [2.05, 4.69) is 17.0 Å². The van der Waals surface area contributed by atoms with Crippen molar-refractivity contribution in [2.75, 3.05) is 24.6 Å². The average molecular weight is 679 g/mol. The third-order valence-electron chi connectivity index (χ3n) is 10.5. The summed E-state index contributed by atoms with van der Waals surface area (Å²) in [4.78, 5) is 14.3. The molecule has 0 amide bonds. The number of aryl methyl sites for hydroxylation is 1. The molecule has 47 heavy (non-hydrogen) atoms. The Hall–Kier alpha value is -3.37. The largest absolute Gasteiger partial charge is 0.490 e. The minimum atomic E-state index is -3.83. The number of aliphatic hydroxyl groups is 1. The number of aliphatic hydroxyl groups excluding tert-OH is 1. The number of nitrogens with zero attached hydrogens (tertiary/aromatic N) is 1. The summed E-state index contributed by atoms with van der Waals surface area (Å²) in [5.41, 5.74) is 3.82. The molecule has 3 aromatic carbocycles. The van der Waals surface area contributed by atoms with Gasteiger partial charge in [-0.1, -0.05) is 67.1 Å². The van der Waals surface area contributed by atoms with E-state index in [1.165, 1.54) is 11.1 Å². The van der Waals surface area contributed by atoms with Gasteiger partial charge in [-0.2, -0.15) is 0 Å². The van der Waals surface area contributed by atoms with Crippen LogP contribution in [0.3, 0.4) is 0 Å². The van der Waals surface area contributed by atoms with Gasteiger partial charge in [-0.05, 0) is 103 Å². The molecule has 0 radical (unpaired) electrons. The van der Waals surface area contributed by atoms with Crippen LogP contribution < -0.4 is 14.8 Å². The van der Waals surface area contributed by atoms with Gasteiger partial charge in [0.25, 0.3) is 0 Å². The first-order valence-electron chi connectivity index (χ1n) is 16.4. The van der Waals surface area contributed by atoms with Crippen LogP contribution in [0.1, 0.15) is 71.3 Å². The number of primary sulfonamides is 1. The Balaban J connectivity index is 1.21. The number of nitrogens with two attached hydrogens (primary N) is 1. The minimum absolute atomic E-state index is 0.0217. The van der Waals surface area contributed by atoms with Crippen molar-refractivity contribution >= 4 is 33.3 Å². The first-order valence-corrected chi connectivity index (χ1v) is 18.4. The van der Waals surface area contributed by atoms with Gasteiger partial charge in [0.15, 0.2) is 0 Å². The van der Waals surface area contributed by atoms with E-state index in [1.54, 1.807) is 48.5 Å². The number of anilines is 1. The number of carbonyl (C=O) groups is 1. The third kappa shape index (κ3) is 7.09. The predicted molar refractivity (Wildman–Crippen MR) is 185 cm³/mol.